The average Bonchev–Trinajstić information content (AvgIpc) is 3.57. The molecule has 35 heavy (non-hydrogen) atoms. The molecule has 0 aliphatic heterocycles. The molecule has 0 amide bonds. The molecule has 2 nitrogen and oxygen atoms in total. The van der Waals surface area contributed by atoms with Crippen molar-refractivity contribution in [3.8, 4) is 20.9 Å². The van der Waals surface area contributed by atoms with Crippen LogP contribution in [0.25, 0.3) is 32.0 Å². The molecular formula is C31H34N2S2. The van der Waals surface area contributed by atoms with Gasteiger partial charge >= 0.3 is 0 Å². The van der Waals surface area contributed by atoms with Gasteiger partial charge in [0.05, 0.1) is 0 Å². The van der Waals surface area contributed by atoms with Gasteiger partial charge in [0.15, 0.2) is 0 Å². The SMILES string of the molecule is Cc1sc(-c2ccc(N(C)C)cc2)cc1C1=C(c2cc(-c3ccc(N(C)C)cc3)sc2C)CCC1. The zero-order valence-corrected chi connectivity index (χ0v) is 23.2. The summed E-state index contributed by atoms with van der Waals surface area (Å²) in [6, 6.07) is 22.8. The maximum absolute atomic E-state index is 2.44. The van der Waals surface area contributed by atoms with Crippen LogP contribution in [0.15, 0.2) is 60.7 Å². The number of hydrogen-bond donors (Lipinski definition) is 0. The Morgan fingerprint density at radius 3 is 1.29 bits per heavy atom. The Kier molecular flexibility index (Phi) is 6.61. The van der Waals surface area contributed by atoms with E-state index in [1.54, 1.807) is 11.1 Å². The lowest BCUT2D eigenvalue weighted by Crippen LogP contribution is -2.07. The fourth-order valence-electron chi connectivity index (χ4n) is 5.03. The lowest BCUT2D eigenvalue weighted by Gasteiger charge is -2.12. The highest BCUT2D eigenvalue weighted by atomic mass is 32.1. The van der Waals surface area contributed by atoms with Crippen LogP contribution in [0.3, 0.4) is 0 Å². The summed E-state index contributed by atoms with van der Waals surface area (Å²) in [6.45, 7) is 4.58. The molecule has 4 aromatic rings. The predicted octanol–water partition coefficient (Wildman–Crippen LogP) is 8.99. The Balaban J connectivity index is 1.49. The highest BCUT2D eigenvalue weighted by Gasteiger charge is 2.23. The quantitative estimate of drug-likeness (QED) is 0.262. The van der Waals surface area contributed by atoms with E-state index in [4.69, 9.17) is 0 Å². The predicted molar refractivity (Wildman–Crippen MR) is 158 cm³/mol. The van der Waals surface area contributed by atoms with Crippen LogP contribution in [0.1, 0.15) is 40.1 Å². The number of thiophene rings is 2. The summed E-state index contributed by atoms with van der Waals surface area (Å²) < 4.78 is 0. The second-order valence-corrected chi connectivity index (χ2v) is 12.4. The lowest BCUT2D eigenvalue weighted by molar-refractivity contribution is 0.941. The van der Waals surface area contributed by atoms with Gasteiger partial charge in [0.25, 0.3) is 0 Å². The van der Waals surface area contributed by atoms with Crippen molar-refractivity contribution < 1.29 is 0 Å². The van der Waals surface area contributed by atoms with Gasteiger partial charge in [-0.3, -0.25) is 0 Å². The van der Waals surface area contributed by atoms with Crippen molar-refractivity contribution in [2.24, 2.45) is 0 Å². The Morgan fingerprint density at radius 1 is 0.571 bits per heavy atom. The van der Waals surface area contributed by atoms with Crippen molar-refractivity contribution in [2.45, 2.75) is 33.1 Å². The van der Waals surface area contributed by atoms with E-state index >= 15 is 0 Å². The van der Waals surface area contributed by atoms with E-state index in [1.165, 1.54) is 72.4 Å². The van der Waals surface area contributed by atoms with Crippen molar-refractivity contribution in [3.05, 3.63) is 81.5 Å². The normalized spacial score (nSPS) is 13.5. The van der Waals surface area contributed by atoms with E-state index in [1.807, 2.05) is 22.7 Å². The third kappa shape index (κ3) is 4.70. The number of nitrogens with zero attached hydrogens (tertiary/aromatic N) is 2. The molecule has 0 radical (unpaired) electrons. The second-order valence-electron chi connectivity index (χ2n) is 9.85. The standard InChI is InChI=1S/C31H34N2S2/c1-20-28(18-30(34-20)22-10-14-24(15-11-22)32(3)4)26-8-7-9-27(26)29-19-31(35-21(29)2)23-12-16-25(17-13-23)33(5)6/h10-19H,7-9H2,1-6H3. The minimum absolute atomic E-state index is 1.17. The minimum Gasteiger partial charge on any atom is -0.378 e. The van der Waals surface area contributed by atoms with Crippen molar-refractivity contribution in [1.82, 2.24) is 0 Å². The summed E-state index contributed by atoms with van der Waals surface area (Å²) in [5, 5.41) is 0. The number of allylic oxidation sites excluding steroid dienone is 2. The molecule has 180 valence electrons. The molecular weight excluding hydrogens is 464 g/mol. The fraction of sp³-hybridized carbons (Fsp3) is 0.290. The van der Waals surface area contributed by atoms with Crippen molar-refractivity contribution in [2.75, 3.05) is 38.0 Å². The van der Waals surface area contributed by atoms with Crippen LogP contribution >= 0.6 is 22.7 Å². The Morgan fingerprint density at radius 2 is 0.943 bits per heavy atom. The second kappa shape index (κ2) is 9.67. The van der Waals surface area contributed by atoms with Crippen LogP contribution in [0, 0.1) is 13.8 Å². The molecule has 0 unspecified atom stereocenters. The first-order valence-corrected chi connectivity index (χ1v) is 13.9. The number of anilines is 2. The van der Waals surface area contributed by atoms with Gasteiger partial charge in [-0.2, -0.15) is 0 Å². The van der Waals surface area contributed by atoms with E-state index < -0.39 is 0 Å². The molecule has 0 saturated carbocycles. The first kappa shape index (κ1) is 23.9. The molecule has 2 heterocycles. The molecule has 0 saturated heterocycles. The van der Waals surface area contributed by atoms with Crippen molar-refractivity contribution >= 4 is 45.2 Å². The van der Waals surface area contributed by atoms with Crippen LogP contribution in [0.2, 0.25) is 0 Å². The van der Waals surface area contributed by atoms with Gasteiger partial charge in [-0.05, 0) is 103 Å². The molecule has 2 aromatic heterocycles. The first-order valence-electron chi connectivity index (χ1n) is 12.3. The van der Waals surface area contributed by atoms with Gasteiger partial charge in [-0.1, -0.05) is 24.3 Å². The zero-order valence-electron chi connectivity index (χ0n) is 21.6. The van der Waals surface area contributed by atoms with Gasteiger partial charge in [0, 0.05) is 59.1 Å². The molecule has 0 atom stereocenters. The fourth-order valence-corrected chi connectivity index (χ4v) is 7.14. The van der Waals surface area contributed by atoms with Crippen LogP contribution in [0.4, 0.5) is 11.4 Å². The monoisotopic (exact) mass is 498 g/mol. The van der Waals surface area contributed by atoms with E-state index in [2.05, 4.69) is 113 Å². The zero-order chi connectivity index (χ0) is 24.7. The summed E-state index contributed by atoms with van der Waals surface area (Å²) in [4.78, 5) is 9.89. The number of benzene rings is 2. The third-order valence-corrected chi connectivity index (χ3v) is 9.24. The highest BCUT2D eigenvalue weighted by molar-refractivity contribution is 7.16. The number of hydrogen-bond acceptors (Lipinski definition) is 4. The maximum atomic E-state index is 2.44. The summed E-state index contributed by atoms with van der Waals surface area (Å²) in [5.41, 5.74) is 11.1. The molecule has 1 aliphatic carbocycles. The van der Waals surface area contributed by atoms with Gasteiger partial charge < -0.3 is 9.80 Å². The molecule has 0 fully saturated rings. The first-order chi connectivity index (χ1) is 16.8. The Hall–Kier alpha value is -2.82. The molecule has 0 N–H and O–H groups in total. The van der Waals surface area contributed by atoms with Gasteiger partial charge in [-0.25, -0.2) is 0 Å². The number of aryl methyl sites for hydroxylation is 2. The van der Waals surface area contributed by atoms with Gasteiger partial charge in [0.2, 0.25) is 0 Å². The lowest BCUT2D eigenvalue weighted by atomic mass is 9.96. The van der Waals surface area contributed by atoms with E-state index in [0.29, 0.717) is 0 Å². The summed E-state index contributed by atoms with van der Waals surface area (Å²) in [7, 11) is 8.36. The van der Waals surface area contributed by atoms with Gasteiger partial charge in [-0.15, -0.1) is 22.7 Å². The number of rotatable bonds is 6. The van der Waals surface area contributed by atoms with Crippen LogP contribution in [-0.4, -0.2) is 28.2 Å². The highest BCUT2D eigenvalue weighted by Crippen LogP contribution is 2.47. The summed E-state index contributed by atoms with van der Waals surface area (Å²) in [6.07, 6.45) is 3.59. The van der Waals surface area contributed by atoms with E-state index in [9.17, 15) is 0 Å². The van der Waals surface area contributed by atoms with Crippen molar-refractivity contribution in [3.63, 3.8) is 0 Å². The molecule has 5 rings (SSSR count). The smallest absolute Gasteiger partial charge is 0.0361 e. The van der Waals surface area contributed by atoms with E-state index in [-0.39, 0.29) is 0 Å². The van der Waals surface area contributed by atoms with Crippen molar-refractivity contribution in [1.29, 1.82) is 0 Å². The summed E-state index contributed by atoms with van der Waals surface area (Å²) in [5.74, 6) is 0. The molecule has 4 heteroatoms. The molecule has 0 spiro atoms. The molecule has 0 bridgehead atoms. The van der Waals surface area contributed by atoms with Crippen LogP contribution in [-0.2, 0) is 0 Å². The third-order valence-electron chi connectivity index (χ3n) is 7.04. The largest absolute Gasteiger partial charge is 0.378 e. The maximum Gasteiger partial charge on any atom is 0.0361 e. The topological polar surface area (TPSA) is 6.48 Å². The molecule has 2 aromatic carbocycles. The Bertz CT molecular complexity index is 1260. The minimum atomic E-state index is 1.17. The average molecular weight is 499 g/mol. The van der Waals surface area contributed by atoms with E-state index in [0.717, 1.165) is 0 Å². The molecule has 1 aliphatic rings. The summed E-state index contributed by atoms with van der Waals surface area (Å²) >= 11 is 3.85. The van der Waals surface area contributed by atoms with Crippen LogP contribution in [0.5, 0.6) is 0 Å². The van der Waals surface area contributed by atoms with Gasteiger partial charge in [0.1, 0.15) is 0 Å². The van der Waals surface area contributed by atoms with Crippen LogP contribution < -0.4 is 9.80 Å². The Labute approximate surface area is 218 Å².